The minimum absolute atomic E-state index is 0.258. The lowest BCUT2D eigenvalue weighted by atomic mass is 11.8. The molecule has 0 rings (SSSR count). The van der Waals surface area contributed by atoms with Crippen molar-refractivity contribution in [3.8, 4) is 0 Å². The highest BCUT2D eigenvalue weighted by Crippen LogP contribution is 2.28. The van der Waals surface area contributed by atoms with Gasteiger partial charge >= 0.3 is 0 Å². The zero-order valence-electron chi connectivity index (χ0n) is 3.70. The summed E-state index contributed by atoms with van der Waals surface area (Å²) in [4.78, 5) is 0. The van der Waals surface area contributed by atoms with Gasteiger partial charge in [0, 0.05) is 0 Å². The molecule has 0 amide bonds. The lowest BCUT2D eigenvalue weighted by molar-refractivity contribution is 1.96. The Morgan fingerprint density at radius 3 is 1.14 bits per heavy atom. The third-order valence-electron chi connectivity index (χ3n) is 0.507. The molecule has 0 aliphatic rings. The number of thiol groups is 1. The highest BCUT2D eigenvalue weighted by atomic mass is 35.5. The van der Waals surface area contributed by atoms with E-state index in [1.165, 1.54) is 0 Å². The van der Waals surface area contributed by atoms with Crippen LogP contribution in [-0.4, -0.2) is 15.6 Å². The molecule has 0 N–H and O–H groups in total. The maximum absolute atomic E-state index is 5.43. The molecular formula is C3H7Cl3S. The average molecular weight is 182 g/mol. The Morgan fingerprint density at radius 2 is 1.14 bits per heavy atom. The van der Waals surface area contributed by atoms with E-state index in [4.69, 9.17) is 34.8 Å². The molecular weight excluding hydrogens is 174 g/mol. The van der Waals surface area contributed by atoms with Gasteiger partial charge in [0.1, 0.15) is 0 Å². The monoisotopic (exact) mass is 180 g/mol. The molecule has 0 saturated heterocycles. The lowest BCUT2D eigenvalue weighted by Gasteiger charge is -2.07. The maximum Gasteiger partial charge on any atom is 0.0522 e. The van der Waals surface area contributed by atoms with Crippen molar-refractivity contribution >= 4 is 45.7 Å². The molecule has 46 valence electrons. The van der Waals surface area contributed by atoms with Crippen LogP contribution < -0.4 is 0 Å². The van der Waals surface area contributed by atoms with E-state index in [0.29, 0.717) is 15.6 Å². The Morgan fingerprint density at radius 1 is 0.857 bits per heavy atom. The van der Waals surface area contributed by atoms with E-state index in [0.717, 1.165) is 0 Å². The van der Waals surface area contributed by atoms with Crippen LogP contribution in [0.5, 0.6) is 0 Å². The smallest absolute Gasteiger partial charge is 0.0522 e. The molecule has 0 radical (unpaired) electrons. The fraction of sp³-hybridized carbons (Fsp3) is 1.00. The van der Waals surface area contributed by atoms with E-state index in [1.807, 2.05) is 0 Å². The molecule has 0 unspecified atom stereocenters. The van der Waals surface area contributed by atoms with E-state index in [9.17, 15) is 0 Å². The number of hydrogen-bond acceptors (Lipinski definition) is 0. The SMILES string of the molecule is ClC[SH](CCl)CCl. The first-order valence-corrected chi connectivity index (χ1v) is 5.25. The molecule has 0 heterocycles. The molecule has 0 aromatic heterocycles. The fourth-order valence-electron chi connectivity index (χ4n) is 0.0958. The van der Waals surface area contributed by atoms with Gasteiger partial charge in [-0.15, -0.1) is 34.8 Å². The van der Waals surface area contributed by atoms with Crippen LogP contribution in [0.4, 0.5) is 0 Å². The predicted molar refractivity (Wildman–Crippen MR) is 41.1 cm³/mol. The second-order valence-corrected chi connectivity index (χ2v) is 5.24. The van der Waals surface area contributed by atoms with E-state index >= 15 is 0 Å². The molecule has 0 spiro atoms. The Balaban J connectivity index is 2.99. The van der Waals surface area contributed by atoms with Crippen molar-refractivity contribution in [2.75, 3.05) is 15.6 Å². The third-order valence-corrected chi connectivity index (χ3v) is 4.56. The number of halogens is 3. The predicted octanol–water partition coefficient (Wildman–Crippen LogP) is 2.58. The molecule has 0 saturated carbocycles. The van der Waals surface area contributed by atoms with Crippen LogP contribution in [0.3, 0.4) is 0 Å². The van der Waals surface area contributed by atoms with E-state index in [1.54, 1.807) is 0 Å². The van der Waals surface area contributed by atoms with Gasteiger partial charge in [-0.05, 0) is 0 Å². The second-order valence-electron chi connectivity index (χ2n) is 1.03. The molecule has 0 aliphatic carbocycles. The molecule has 0 aliphatic heterocycles. The van der Waals surface area contributed by atoms with Gasteiger partial charge < -0.3 is 0 Å². The normalized spacial score (nSPS) is 11.6. The minimum Gasteiger partial charge on any atom is -0.213 e. The summed E-state index contributed by atoms with van der Waals surface area (Å²) in [5, 5.41) is 1.88. The first kappa shape index (κ1) is 8.22. The van der Waals surface area contributed by atoms with Gasteiger partial charge in [0.2, 0.25) is 0 Å². The van der Waals surface area contributed by atoms with Crippen LogP contribution in [0.25, 0.3) is 0 Å². The molecule has 7 heavy (non-hydrogen) atoms. The largest absolute Gasteiger partial charge is 0.213 e. The lowest BCUT2D eigenvalue weighted by Crippen LogP contribution is -1.82. The van der Waals surface area contributed by atoms with E-state index < -0.39 is 0 Å². The molecule has 0 atom stereocenters. The van der Waals surface area contributed by atoms with Crippen LogP contribution >= 0.6 is 45.7 Å². The fourth-order valence-corrected chi connectivity index (χ4v) is 2.59. The highest BCUT2D eigenvalue weighted by Gasteiger charge is 1.94. The van der Waals surface area contributed by atoms with Crippen LogP contribution in [0.15, 0.2) is 0 Å². The number of alkyl halides is 3. The van der Waals surface area contributed by atoms with Gasteiger partial charge in [-0.1, -0.05) is 0 Å². The van der Waals surface area contributed by atoms with Gasteiger partial charge in [0.25, 0.3) is 0 Å². The van der Waals surface area contributed by atoms with Crippen molar-refractivity contribution in [2.24, 2.45) is 0 Å². The Kier molecular flexibility index (Phi) is 6.29. The standard InChI is InChI=1S/C3H7Cl3S/c4-1-7(2-5)3-6/h7H,1-3H2. The Labute approximate surface area is 61.5 Å². The van der Waals surface area contributed by atoms with Gasteiger partial charge in [-0.2, -0.15) is 0 Å². The first-order chi connectivity index (χ1) is 3.35. The molecule has 0 fully saturated rings. The summed E-state index contributed by atoms with van der Waals surface area (Å²) in [6, 6.07) is 0. The Hall–Kier alpha value is 1.22. The van der Waals surface area contributed by atoms with Crippen molar-refractivity contribution in [3.63, 3.8) is 0 Å². The van der Waals surface area contributed by atoms with Gasteiger partial charge in [-0.25, -0.2) is 10.9 Å². The zero-order chi connectivity index (χ0) is 5.70. The Bertz CT molecular complexity index is 31.7. The van der Waals surface area contributed by atoms with Crippen molar-refractivity contribution < 1.29 is 0 Å². The van der Waals surface area contributed by atoms with Crippen LogP contribution in [0.1, 0.15) is 0 Å². The molecule has 0 bridgehead atoms. The van der Waals surface area contributed by atoms with E-state index in [2.05, 4.69) is 0 Å². The van der Waals surface area contributed by atoms with Crippen molar-refractivity contribution in [2.45, 2.75) is 0 Å². The zero-order valence-corrected chi connectivity index (χ0v) is 6.86. The summed E-state index contributed by atoms with van der Waals surface area (Å²) in [7, 11) is -0.258. The van der Waals surface area contributed by atoms with E-state index in [-0.39, 0.29) is 10.9 Å². The summed E-state index contributed by atoms with van der Waals surface area (Å²) in [6.45, 7) is 0. The quantitative estimate of drug-likeness (QED) is 0.502. The molecule has 4 heteroatoms. The van der Waals surface area contributed by atoms with Gasteiger partial charge in [0.15, 0.2) is 0 Å². The number of rotatable bonds is 3. The van der Waals surface area contributed by atoms with Crippen LogP contribution in [-0.2, 0) is 0 Å². The minimum atomic E-state index is -0.258. The van der Waals surface area contributed by atoms with Crippen molar-refractivity contribution in [1.29, 1.82) is 0 Å². The summed E-state index contributed by atoms with van der Waals surface area (Å²) < 4.78 is 0. The third kappa shape index (κ3) is 3.77. The molecule has 0 aromatic rings. The summed E-state index contributed by atoms with van der Waals surface area (Å²) in [5.74, 6) is 0. The van der Waals surface area contributed by atoms with Gasteiger partial charge in [0.05, 0.1) is 15.6 Å². The number of hydrogen-bond donors (Lipinski definition) is 1. The van der Waals surface area contributed by atoms with Crippen molar-refractivity contribution in [3.05, 3.63) is 0 Å². The molecule has 0 nitrogen and oxygen atoms in total. The summed E-state index contributed by atoms with van der Waals surface area (Å²) in [5.41, 5.74) is 0. The first-order valence-electron chi connectivity index (χ1n) is 1.75. The summed E-state index contributed by atoms with van der Waals surface area (Å²) in [6.07, 6.45) is 0. The van der Waals surface area contributed by atoms with Crippen molar-refractivity contribution in [1.82, 2.24) is 0 Å². The summed E-state index contributed by atoms with van der Waals surface area (Å²) >= 11 is 16.3. The van der Waals surface area contributed by atoms with Crippen LogP contribution in [0.2, 0.25) is 0 Å². The topological polar surface area (TPSA) is 0 Å². The molecule has 0 aromatic carbocycles. The van der Waals surface area contributed by atoms with Gasteiger partial charge in [-0.3, -0.25) is 0 Å². The van der Waals surface area contributed by atoms with Crippen LogP contribution in [0, 0.1) is 0 Å². The maximum atomic E-state index is 5.43. The highest BCUT2D eigenvalue weighted by molar-refractivity contribution is 8.19. The second kappa shape index (κ2) is 5.36. The average Bonchev–Trinajstić information content (AvgIpc) is 1.72.